The fraction of sp³-hybridized carbons (Fsp3) is 0.375. The Bertz CT molecular complexity index is 622. The van der Waals surface area contributed by atoms with E-state index in [1.165, 1.54) is 12.0 Å². The van der Waals surface area contributed by atoms with E-state index in [-0.39, 0.29) is 5.97 Å². The lowest BCUT2D eigenvalue weighted by Gasteiger charge is -2.36. The van der Waals surface area contributed by atoms with Crippen molar-refractivity contribution >= 4 is 23.0 Å². The van der Waals surface area contributed by atoms with Gasteiger partial charge in [-0.05, 0) is 23.6 Å². The molecule has 2 aromatic rings. The summed E-state index contributed by atoms with van der Waals surface area (Å²) in [6, 6.07) is 8.07. The molecule has 1 aliphatic rings. The van der Waals surface area contributed by atoms with Gasteiger partial charge >= 0.3 is 5.97 Å². The highest BCUT2D eigenvalue weighted by atomic mass is 32.1. The van der Waals surface area contributed by atoms with Crippen LogP contribution in [-0.2, 0) is 11.3 Å². The molecule has 5 nitrogen and oxygen atoms in total. The van der Waals surface area contributed by atoms with Gasteiger partial charge in [0.1, 0.15) is 0 Å². The Labute approximate surface area is 134 Å². The molecule has 1 saturated heterocycles. The van der Waals surface area contributed by atoms with Crippen LogP contribution in [0, 0.1) is 0 Å². The number of aromatic nitrogens is 1. The van der Waals surface area contributed by atoms with Crippen LogP contribution in [0.15, 0.2) is 35.8 Å². The van der Waals surface area contributed by atoms with Crippen LogP contribution >= 0.6 is 11.3 Å². The summed E-state index contributed by atoms with van der Waals surface area (Å²) >= 11 is 1.80. The molecule has 0 aliphatic carbocycles. The molecule has 0 unspecified atom stereocenters. The van der Waals surface area contributed by atoms with Crippen molar-refractivity contribution in [1.29, 1.82) is 0 Å². The molecule has 0 aromatic carbocycles. The zero-order valence-corrected chi connectivity index (χ0v) is 13.4. The second kappa shape index (κ2) is 6.89. The van der Waals surface area contributed by atoms with E-state index in [0.717, 1.165) is 38.4 Å². The van der Waals surface area contributed by atoms with E-state index >= 15 is 0 Å². The Balaban J connectivity index is 1.65. The third-order valence-electron chi connectivity index (χ3n) is 3.84. The summed E-state index contributed by atoms with van der Waals surface area (Å²) in [5, 5.41) is 2.11. The molecule has 116 valence electrons. The molecule has 1 aliphatic heterocycles. The molecule has 2 aromatic heterocycles. The largest absolute Gasteiger partial charge is 0.464 e. The molecule has 0 radical (unpaired) electrons. The van der Waals surface area contributed by atoms with Gasteiger partial charge in [0.15, 0.2) is 5.69 Å². The smallest absolute Gasteiger partial charge is 0.358 e. The highest BCUT2D eigenvalue weighted by Gasteiger charge is 2.22. The number of pyridine rings is 1. The summed E-state index contributed by atoms with van der Waals surface area (Å²) in [4.78, 5) is 22.1. The van der Waals surface area contributed by atoms with Crippen LogP contribution in [0.2, 0.25) is 0 Å². The Morgan fingerprint density at radius 1 is 1.27 bits per heavy atom. The van der Waals surface area contributed by atoms with Crippen molar-refractivity contribution < 1.29 is 9.53 Å². The van der Waals surface area contributed by atoms with Gasteiger partial charge in [0.25, 0.3) is 0 Å². The van der Waals surface area contributed by atoms with Crippen LogP contribution in [0.4, 0.5) is 5.69 Å². The first-order valence-corrected chi connectivity index (χ1v) is 8.19. The summed E-state index contributed by atoms with van der Waals surface area (Å²) in [5.74, 6) is -0.378. The minimum absolute atomic E-state index is 0.378. The predicted molar refractivity (Wildman–Crippen MR) is 87.4 cm³/mol. The molecule has 0 saturated carbocycles. The van der Waals surface area contributed by atoms with Gasteiger partial charge in [-0.3, -0.25) is 4.90 Å². The Morgan fingerprint density at radius 3 is 2.77 bits per heavy atom. The van der Waals surface area contributed by atoms with Crippen LogP contribution in [-0.4, -0.2) is 49.1 Å². The Morgan fingerprint density at radius 2 is 2.09 bits per heavy atom. The fourth-order valence-electron chi connectivity index (χ4n) is 2.68. The van der Waals surface area contributed by atoms with E-state index in [9.17, 15) is 4.79 Å². The molecule has 3 rings (SSSR count). The summed E-state index contributed by atoms with van der Waals surface area (Å²) in [7, 11) is 1.39. The predicted octanol–water partition coefficient (Wildman–Crippen LogP) is 2.25. The Kier molecular flexibility index (Phi) is 4.70. The van der Waals surface area contributed by atoms with Crippen molar-refractivity contribution in [2.75, 3.05) is 38.2 Å². The Hall–Kier alpha value is -1.92. The lowest BCUT2D eigenvalue weighted by molar-refractivity contribution is 0.0594. The first-order chi connectivity index (χ1) is 10.8. The minimum Gasteiger partial charge on any atom is -0.464 e. The number of piperazine rings is 1. The molecule has 1 fully saturated rings. The average Bonchev–Trinajstić information content (AvgIpc) is 3.08. The topological polar surface area (TPSA) is 45.7 Å². The van der Waals surface area contributed by atoms with Crippen LogP contribution in [0.1, 0.15) is 15.4 Å². The van der Waals surface area contributed by atoms with Gasteiger partial charge in [-0.25, -0.2) is 9.78 Å². The molecular weight excluding hydrogens is 298 g/mol. The number of esters is 1. The number of hydrogen-bond donors (Lipinski definition) is 0. The number of ether oxygens (including phenoxy) is 1. The van der Waals surface area contributed by atoms with E-state index in [0.29, 0.717) is 5.69 Å². The van der Waals surface area contributed by atoms with Crippen LogP contribution < -0.4 is 4.90 Å². The van der Waals surface area contributed by atoms with Crippen molar-refractivity contribution in [3.63, 3.8) is 0 Å². The lowest BCUT2D eigenvalue weighted by Crippen LogP contribution is -2.46. The van der Waals surface area contributed by atoms with Crippen LogP contribution in [0.3, 0.4) is 0 Å². The fourth-order valence-corrected chi connectivity index (χ4v) is 3.42. The SMILES string of the molecule is COC(=O)c1ncccc1N1CCN(Cc2cccs2)CC1. The van der Waals surface area contributed by atoms with Crippen molar-refractivity contribution in [1.82, 2.24) is 9.88 Å². The summed E-state index contributed by atoms with van der Waals surface area (Å²) in [5.41, 5.74) is 1.27. The van der Waals surface area contributed by atoms with Gasteiger partial charge in [-0.1, -0.05) is 6.07 Å². The first kappa shape index (κ1) is 15.0. The maximum atomic E-state index is 11.8. The molecule has 0 amide bonds. The molecule has 0 spiro atoms. The van der Waals surface area contributed by atoms with E-state index in [1.807, 2.05) is 12.1 Å². The van der Waals surface area contributed by atoms with Gasteiger partial charge in [0.2, 0.25) is 0 Å². The minimum atomic E-state index is -0.378. The second-order valence-corrected chi connectivity index (χ2v) is 6.24. The number of rotatable bonds is 4. The summed E-state index contributed by atoms with van der Waals surface area (Å²) < 4.78 is 4.82. The van der Waals surface area contributed by atoms with Gasteiger partial charge < -0.3 is 9.64 Å². The number of anilines is 1. The normalized spacial score (nSPS) is 15.8. The maximum absolute atomic E-state index is 11.8. The third kappa shape index (κ3) is 3.28. The van der Waals surface area contributed by atoms with E-state index in [1.54, 1.807) is 17.5 Å². The lowest BCUT2D eigenvalue weighted by atomic mass is 10.2. The summed E-state index contributed by atoms with van der Waals surface area (Å²) in [6.45, 7) is 4.74. The zero-order chi connectivity index (χ0) is 15.4. The molecule has 3 heterocycles. The van der Waals surface area contributed by atoms with Gasteiger partial charge in [-0.2, -0.15) is 0 Å². The van der Waals surface area contributed by atoms with Crippen molar-refractivity contribution in [2.45, 2.75) is 6.54 Å². The van der Waals surface area contributed by atoms with Crippen molar-refractivity contribution in [3.8, 4) is 0 Å². The highest BCUT2D eigenvalue weighted by Crippen LogP contribution is 2.21. The summed E-state index contributed by atoms with van der Waals surface area (Å²) in [6.07, 6.45) is 1.63. The second-order valence-electron chi connectivity index (χ2n) is 5.21. The molecular formula is C16H19N3O2S. The molecule has 22 heavy (non-hydrogen) atoms. The number of methoxy groups -OCH3 is 1. The van der Waals surface area contributed by atoms with Gasteiger partial charge in [0.05, 0.1) is 12.8 Å². The first-order valence-electron chi connectivity index (χ1n) is 7.31. The zero-order valence-electron chi connectivity index (χ0n) is 12.6. The maximum Gasteiger partial charge on any atom is 0.358 e. The standard InChI is InChI=1S/C16H19N3O2S/c1-21-16(20)15-14(5-2-6-17-15)19-9-7-18(8-10-19)12-13-4-3-11-22-13/h2-6,11H,7-10,12H2,1H3. The number of carbonyl (C=O) groups is 1. The average molecular weight is 317 g/mol. The number of thiophene rings is 1. The monoisotopic (exact) mass is 317 g/mol. The molecule has 0 atom stereocenters. The number of carbonyl (C=O) groups excluding carboxylic acids is 1. The van der Waals surface area contributed by atoms with Crippen molar-refractivity contribution in [2.24, 2.45) is 0 Å². The van der Waals surface area contributed by atoms with E-state index in [4.69, 9.17) is 4.74 Å². The van der Waals surface area contributed by atoms with Crippen LogP contribution in [0.5, 0.6) is 0 Å². The van der Waals surface area contributed by atoms with Crippen molar-refractivity contribution in [3.05, 3.63) is 46.4 Å². The van der Waals surface area contributed by atoms with E-state index < -0.39 is 0 Å². The molecule has 0 N–H and O–H groups in total. The van der Waals surface area contributed by atoms with E-state index in [2.05, 4.69) is 32.3 Å². The molecule has 0 bridgehead atoms. The number of nitrogens with zero attached hydrogens (tertiary/aromatic N) is 3. The highest BCUT2D eigenvalue weighted by molar-refractivity contribution is 7.09. The van der Waals surface area contributed by atoms with Gasteiger partial charge in [0, 0.05) is 43.8 Å². The molecule has 6 heteroatoms. The third-order valence-corrected chi connectivity index (χ3v) is 4.70. The quantitative estimate of drug-likeness (QED) is 0.809. The number of hydrogen-bond acceptors (Lipinski definition) is 6. The van der Waals surface area contributed by atoms with Crippen LogP contribution in [0.25, 0.3) is 0 Å². The van der Waals surface area contributed by atoms with Gasteiger partial charge in [-0.15, -0.1) is 11.3 Å².